The Kier molecular flexibility index (Phi) is 3.86. The number of hydrogen-bond acceptors (Lipinski definition) is 2. The normalized spacial score (nSPS) is 10.1. The highest BCUT2D eigenvalue weighted by atomic mass is 127. The predicted molar refractivity (Wildman–Crippen MR) is 82.7 cm³/mol. The van der Waals surface area contributed by atoms with E-state index in [9.17, 15) is 4.79 Å². The highest BCUT2D eigenvalue weighted by molar-refractivity contribution is 14.1. The Morgan fingerprint density at radius 3 is 2.44 bits per heavy atom. The number of nitrogens with two attached hydrogens (primary N) is 1. The summed E-state index contributed by atoms with van der Waals surface area (Å²) in [5.41, 5.74) is 8.63. The maximum atomic E-state index is 12.1. The quantitative estimate of drug-likeness (QED) is 0.643. The standard InChI is InChI=1S/C14H13IN2O/c1-9-8-11(16)4-7-13(9)14(18)17-12-5-2-10(15)3-6-12/h2-8H,16H2,1H3,(H,17,18). The molecule has 0 saturated heterocycles. The first-order chi connectivity index (χ1) is 8.56. The minimum absolute atomic E-state index is 0.117. The summed E-state index contributed by atoms with van der Waals surface area (Å²) in [6.07, 6.45) is 0. The van der Waals surface area contributed by atoms with Gasteiger partial charge in [0.05, 0.1) is 0 Å². The summed E-state index contributed by atoms with van der Waals surface area (Å²) in [6, 6.07) is 12.9. The average molecular weight is 352 g/mol. The van der Waals surface area contributed by atoms with Crippen LogP contribution in [0.25, 0.3) is 0 Å². The zero-order valence-electron chi connectivity index (χ0n) is 9.91. The molecule has 0 unspecified atom stereocenters. The summed E-state index contributed by atoms with van der Waals surface area (Å²) in [7, 11) is 0. The number of nitrogen functional groups attached to an aromatic ring is 1. The van der Waals surface area contributed by atoms with Crippen LogP contribution in [0, 0.1) is 10.5 Å². The number of nitrogens with one attached hydrogen (secondary N) is 1. The van der Waals surface area contributed by atoms with Gasteiger partial charge in [-0.1, -0.05) is 0 Å². The largest absolute Gasteiger partial charge is 0.399 e. The van der Waals surface area contributed by atoms with Crippen molar-refractivity contribution in [3.05, 3.63) is 57.2 Å². The second-order valence-electron chi connectivity index (χ2n) is 4.04. The van der Waals surface area contributed by atoms with E-state index in [1.165, 1.54) is 0 Å². The smallest absolute Gasteiger partial charge is 0.255 e. The van der Waals surface area contributed by atoms with Crippen LogP contribution < -0.4 is 11.1 Å². The van der Waals surface area contributed by atoms with Crippen molar-refractivity contribution in [3.8, 4) is 0 Å². The number of carbonyl (C=O) groups is 1. The molecular formula is C14H13IN2O. The van der Waals surface area contributed by atoms with E-state index in [-0.39, 0.29) is 5.91 Å². The van der Waals surface area contributed by atoms with Gasteiger partial charge in [-0.25, -0.2) is 0 Å². The fourth-order valence-corrected chi connectivity index (χ4v) is 2.03. The van der Waals surface area contributed by atoms with Gasteiger partial charge in [-0.05, 0) is 77.5 Å². The molecule has 0 atom stereocenters. The maximum absolute atomic E-state index is 12.1. The summed E-state index contributed by atoms with van der Waals surface area (Å²) in [5, 5.41) is 2.86. The molecular weight excluding hydrogens is 339 g/mol. The second kappa shape index (κ2) is 5.39. The third kappa shape index (κ3) is 3.01. The predicted octanol–water partition coefficient (Wildman–Crippen LogP) is 3.43. The minimum Gasteiger partial charge on any atom is -0.399 e. The van der Waals surface area contributed by atoms with Crippen LogP contribution in [0.5, 0.6) is 0 Å². The highest BCUT2D eigenvalue weighted by Crippen LogP contribution is 2.16. The Hall–Kier alpha value is -1.56. The minimum atomic E-state index is -0.117. The first kappa shape index (κ1) is 12.9. The molecule has 0 saturated carbocycles. The average Bonchev–Trinajstić information content (AvgIpc) is 2.32. The van der Waals surface area contributed by atoms with E-state index < -0.39 is 0 Å². The third-order valence-electron chi connectivity index (χ3n) is 2.60. The molecule has 2 rings (SSSR count). The van der Waals surface area contributed by atoms with E-state index in [1.807, 2.05) is 31.2 Å². The summed E-state index contributed by atoms with van der Waals surface area (Å²) >= 11 is 2.22. The number of amides is 1. The van der Waals surface area contributed by atoms with E-state index in [4.69, 9.17) is 5.73 Å². The Labute approximate surface area is 120 Å². The molecule has 0 fully saturated rings. The van der Waals surface area contributed by atoms with Crippen LogP contribution in [-0.2, 0) is 0 Å². The molecule has 3 nitrogen and oxygen atoms in total. The zero-order valence-corrected chi connectivity index (χ0v) is 12.1. The van der Waals surface area contributed by atoms with Crippen LogP contribution in [0.1, 0.15) is 15.9 Å². The van der Waals surface area contributed by atoms with Crippen molar-refractivity contribution in [3.63, 3.8) is 0 Å². The molecule has 0 radical (unpaired) electrons. The Bertz CT molecular complexity index is 579. The van der Waals surface area contributed by atoms with Gasteiger partial charge in [0.25, 0.3) is 5.91 Å². The van der Waals surface area contributed by atoms with Gasteiger partial charge in [0, 0.05) is 20.5 Å². The molecule has 0 bridgehead atoms. The summed E-state index contributed by atoms with van der Waals surface area (Å²) in [5.74, 6) is -0.117. The molecule has 1 amide bonds. The van der Waals surface area contributed by atoms with E-state index in [0.717, 1.165) is 14.8 Å². The van der Waals surface area contributed by atoms with Gasteiger partial charge < -0.3 is 11.1 Å². The van der Waals surface area contributed by atoms with Crippen molar-refractivity contribution >= 4 is 39.9 Å². The lowest BCUT2D eigenvalue weighted by Crippen LogP contribution is -2.13. The van der Waals surface area contributed by atoms with Crippen LogP contribution in [0.2, 0.25) is 0 Å². The first-order valence-electron chi connectivity index (χ1n) is 5.49. The molecule has 3 N–H and O–H groups in total. The summed E-state index contributed by atoms with van der Waals surface area (Å²) < 4.78 is 1.13. The van der Waals surface area contributed by atoms with Crippen molar-refractivity contribution in [1.29, 1.82) is 0 Å². The third-order valence-corrected chi connectivity index (χ3v) is 3.32. The first-order valence-corrected chi connectivity index (χ1v) is 6.57. The van der Waals surface area contributed by atoms with Crippen molar-refractivity contribution in [2.45, 2.75) is 6.92 Å². The molecule has 2 aromatic rings. The van der Waals surface area contributed by atoms with Crippen LogP contribution in [0.15, 0.2) is 42.5 Å². The van der Waals surface area contributed by atoms with Crippen molar-refractivity contribution < 1.29 is 4.79 Å². The van der Waals surface area contributed by atoms with Gasteiger partial charge >= 0.3 is 0 Å². The number of benzene rings is 2. The maximum Gasteiger partial charge on any atom is 0.255 e. The van der Waals surface area contributed by atoms with E-state index >= 15 is 0 Å². The molecule has 0 heterocycles. The van der Waals surface area contributed by atoms with Gasteiger partial charge in [-0.2, -0.15) is 0 Å². The molecule has 0 aromatic heterocycles. The molecule has 0 aliphatic carbocycles. The van der Waals surface area contributed by atoms with Crippen LogP contribution in [0.4, 0.5) is 11.4 Å². The monoisotopic (exact) mass is 352 g/mol. The number of aryl methyl sites for hydroxylation is 1. The molecule has 0 spiro atoms. The molecule has 18 heavy (non-hydrogen) atoms. The fourth-order valence-electron chi connectivity index (χ4n) is 1.67. The number of rotatable bonds is 2. The van der Waals surface area contributed by atoms with Crippen LogP contribution in [0.3, 0.4) is 0 Å². The van der Waals surface area contributed by atoms with Gasteiger partial charge in [-0.3, -0.25) is 4.79 Å². The Balaban J connectivity index is 2.19. The van der Waals surface area contributed by atoms with Gasteiger partial charge in [0.1, 0.15) is 0 Å². The fraction of sp³-hybridized carbons (Fsp3) is 0.0714. The van der Waals surface area contributed by atoms with Crippen LogP contribution >= 0.6 is 22.6 Å². The summed E-state index contributed by atoms with van der Waals surface area (Å²) in [6.45, 7) is 1.87. The van der Waals surface area contributed by atoms with Crippen LogP contribution in [-0.4, -0.2) is 5.91 Å². The number of halogens is 1. The lowest BCUT2D eigenvalue weighted by atomic mass is 10.1. The number of anilines is 2. The SMILES string of the molecule is Cc1cc(N)ccc1C(=O)Nc1ccc(I)cc1. The number of carbonyl (C=O) groups excluding carboxylic acids is 1. The lowest BCUT2D eigenvalue weighted by molar-refractivity contribution is 0.102. The van der Waals surface area contributed by atoms with E-state index in [0.29, 0.717) is 11.3 Å². The van der Waals surface area contributed by atoms with Crippen molar-refractivity contribution in [1.82, 2.24) is 0 Å². The Morgan fingerprint density at radius 1 is 1.17 bits per heavy atom. The number of hydrogen-bond donors (Lipinski definition) is 2. The van der Waals surface area contributed by atoms with Gasteiger partial charge in [-0.15, -0.1) is 0 Å². The van der Waals surface area contributed by atoms with Crippen molar-refractivity contribution in [2.75, 3.05) is 11.1 Å². The van der Waals surface area contributed by atoms with E-state index in [1.54, 1.807) is 18.2 Å². The molecule has 92 valence electrons. The molecule has 2 aromatic carbocycles. The highest BCUT2D eigenvalue weighted by Gasteiger charge is 2.09. The zero-order chi connectivity index (χ0) is 13.1. The van der Waals surface area contributed by atoms with E-state index in [2.05, 4.69) is 27.9 Å². The van der Waals surface area contributed by atoms with Crippen molar-refractivity contribution in [2.24, 2.45) is 0 Å². The topological polar surface area (TPSA) is 55.1 Å². The molecule has 4 heteroatoms. The second-order valence-corrected chi connectivity index (χ2v) is 5.28. The molecule has 0 aliphatic heterocycles. The molecule has 0 aliphatic rings. The van der Waals surface area contributed by atoms with Gasteiger partial charge in [0.2, 0.25) is 0 Å². The lowest BCUT2D eigenvalue weighted by Gasteiger charge is -2.08. The summed E-state index contributed by atoms with van der Waals surface area (Å²) in [4.78, 5) is 12.1. The Morgan fingerprint density at radius 2 is 1.83 bits per heavy atom. The van der Waals surface area contributed by atoms with Gasteiger partial charge in [0.15, 0.2) is 0 Å².